The zero-order chi connectivity index (χ0) is 15.2. The lowest BCUT2D eigenvalue weighted by Crippen LogP contribution is -2.30. The summed E-state index contributed by atoms with van der Waals surface area (Å²) >= 11 is 0. The van der Waals surface area contributed by atoms with Gasteiger partial charge < -0.3 is 15.2 Å². The quantitative estimate of drug-likeness (QED) is 0.885. The molecule has 0 fully saturated rings. The molecule has 0 saturated carbocycles. The highest BCUT2D eigenvalue weighted by molar-refractivity contribution is 5.94. The molecule has 108 valence electrons. The van der Waals surface area contributed by atoms with E-state index in [9.17, 15) is 9.59 Å². The zero-order valence-electron chi connectivity index (χ0n) is 11.4. The minimum atomic E-state index is -1.04. The van der Waals surface area contributed by atoms with Gasteiger partial charge >= 0.3 is 5.97 Å². The van der Waals surface area contributed by atoms with Crippen molar-refractivity contribution in [3.63, 3.8) is 0 Å². The number of nitrogens with one attached hydrogen (secondary N) is 1. The van der Waals surface area contributed by atoms with E-state index in [0.717, 1.165) is 0 Å². The third-order valence-electron chi connectivity index (χ3n) is 2.80. The van der Waals surface area contributed by atoms with Crippen molar-refractivity contribution in [2.24, 2.45) is 0 Å². The van der Waals surface area contributed by atoms with Gasteiger partial charge in [-0.15, -0.1) is 0 Å². The Morgan fingerprint density at radius 1 is 1.10 bits per heavy atom. The number of rotatable bonds is 5. The standard InChI is InChI=1S/C16H15NO4/c1-11(15(18)17-13-7-3-2-4-8-13)21-14-9-5-6-12(10-14)16(19)20/h2-11H,1H3,(H,17,18)(H,19,20). The number of para-hydroxylation sites is 1. The molecule has 21 heavy (non-hydrogen) atoms. The SMILES string of the molecule is CC(Oc1cccc(C(=O)O)c1)C(=O)Nc1ccccc1. The number of hydrogen-bond donors (Lipinski definition) is 2. The zero-order valence-corrected chi connectivity index (χ0v) is 11.4. The summed E-state index contributed by atoms with van der Waals surface area (Å²) in [5, 5.41) is 11.6. The largest absolute Gasteiger partial charge is 0.481 e. The van der Waals surface area contributed by atoms with Gasteiger partial charge in [0.05, 0.1) is 5.56 Å². The van der Waals surface area contributed by atoms with Crippen LogP contribution in [-0.2, 0) is 4.79 Å². The van der Waals surface area contributed by atoms with Crippen molar-refractivity contribution in [1.29, 1.82) is 0 Å². The number of carboxylic acids is 1. The van der Waals surface area contributed by atoms with E-state index in [4.69, 9.17) is 9.84 Å². The molecule has 0 aromatic heterocycles. The van der Waals surface area contributed by atoms with Crippen LogP contribution in [0, 0.1) is 0 Å². The van der Waals surface area contributed by atoms with Gasteiger partial charge in [-0.25, -0.2) is 4.79 Å². The third-order valence-corrected chi connectivity index (χ3v) is 2.80. The van der Waals surface area contributed by atoms with E-state index < -0.39 is 12.1 Å². The van der Waals surface area contributed by atoms with Crippen LogP contribution < -0.4 is 10.1 Å². The molecule has 0 aliphatic rings. The van der Waals surface area contributed by atoms with E-state index in [2.05, 4.69) is 5.32 Å². The van der Waals surface area contributed by atoms with Crippen molar-refractivity contribution >= 4 is 17.6 Å². The Morgan fingerprint density at radius 3 is 2.48 bits per heavy atom. The minimum Gasteiger partial charge on any atom is -0.481 e. The number of carboxylic acid groups (broad SMARTS) is 1. The number of carbonyl (C=O) groups excluding carboxylic acids is 1. The summed E-state index contributed by atoms with van der Waals surface area (Å²) in [6.45, 7) is 1.60. The van der Waals surface area contributed by atoms with Crippen molar-refractivity contribution in [3.8, 4) is 5.75 Å². The van der Waals surface area contributed by atoms with Gasteiger partial charge in [-0.2, -0.15) is 0 Å². The molecule has 1 amide bonds. The monoisotopic (exact) mass is 285 g/mol. The Balaban J connectivity index is 2.00. The molecule has 2 rings (SSSR count). The van der Waals surface area contributed by atoms with Gasteiger partial charge in [0.15, 0.2) is 6.10 Å². The number of anilines is 1. The molecule has 0 aliphatic heterocycles. The van der Waals surface area contributed by atoms with E-state index in [1.807, 2.05) is 18.2 Å². The number of hydrogen-bond acceptors (Lipinski definition) is 3. The second-order valence-corrected chi connectivity index (χ2v) is 4.45. The Morgan fingerprint density at radius 2 is 1.81 bits per heavy atom. The van der Waals surface area contributed by atoms with Crippen LogP contribution in [0.4, 0.5) is 5.69 Å². The maximum atomic E-state index is 12.0. The molecule has 0 heterocycles. The molecule has 5 nitrogen and oxygen atoms in total. The molecule has 2 N–H and O–H groups in total. The highest BCUT2D eigenvalue weighted by Gasteiger charge is 2.15. The number of ether oxygens (including phenoxy) is 1. The molecule has 0 saturated heterocycles. The first-order valence-electron chi connectivity index (χ1n) is 6.42. The summed E-state index contributed by atoms with van der Waals surface area (Å²) in [4.78, 5) is 22.9. The molecule has 1 atom stereocenters. The van der Waals surface area contributed by atoms with Crippen LogP contribution in [0.15, 0.2) is 54.6 Å². The van der Waals surface area contributed by atoms with Gasteiger partial charge in [0.25, 0.3) is 5.91 Å². The highest BCUT2D eigenvalue weighted by Crippen LogP contribution is 2.16. The van der Waals surface area contributed by atoms with E-state index >= 15 is 0 Å². The minimum absolute atomic E-state index is 0.114. The lowest BCUT2D eigenvalue weighted by Gasteiger charge is -2.15. The van der Waals surface area contributed by atoms with Gasteiger partial charge in [-0.05, 0) is 37.3 Å². The molecule has 0 spiro atoms. The fourth-order valence-electron chi connectivity index (χ4n) is 1.73. The topological polar surface area (TPSA) is 75.6 Å². The molecular weight excluding hydrogens is 270 g/mol. The summed E-state index contributed by atoms with van der Waals surface area (Å²) in [6.07, 6.45) is -0.741. The average Bonchev–Trinajstić information content (AvgIpc) is 2.48. The first kappa shape index (κ1) is 14.6. The lowest BCUT2D eigenvalue weighted by atomic mass is 10.2. The van der Waals surface area contributed by atoms with E-state index in [-0.39, 0.29) is 11.5 Å². The fourth-order valence-corrected chi connectivity index (χ4v) is 1.73. The Labute approximate surface area is 122 Å². The normalized spacial score (nSPS) is 11.5. The van der Waals surface area contributed by atoms with Gasteiger partial charge in [0.2, 0.25) is 0 Å². The van der Waals surface area contributed by atoms with Gasteiger partial charge in [-0.3, -0.25) is 4.79 Å². The van der Waals surface area contributed by atoms with Gasteiger partial charge in [-0.1, -0.05) is 24.3 Å². The molecule has 1 unspecified atom stereocenters. The summed E-state index contributed by atoms with van der Waals surface area (Å²) in [6, 6.07) is 15.1. The smallest absolute Gasteiger partial charge is 0.335 e. The number of amides is 1. The molecular formula is C16H15NO4. The van der Waals surface area contributed by atoms with Gasteiger partial charge in [0, 0.05) is 5.69 Å². The Hall–Kier alpha value is -2.82. The van der Waals surface area contributed by atoms with Crippen molar-refractivity contribution in [2.45, 2.75) is 13.0 Å². The Bertz CT molecular complexity index is 640. The van der Waals surface area contributed by atoms with Crippen LogP contribution in [0.25, 0.3) is 0 Å². The fraction of sp³-hybridized carbons (Fsp3) is 0.125. The summed E-state index contributed by atoms with van der Waals surface area (Å²) < 4.78 is 5.46. The van der Waals surface area contributed by atoms with Crippen LogP contribution in [0.3, 0.4) is 0 Å². The van der Waals surface area contributed by atoms with Crippen LogP contribution >= 0.6 is 0 Å². The number of aromatic carboxylic acids is 1. The second-order valence-electron chi connectivity index (χ2n) is 4.45. The first-order valence-corrected chi connectivity index (χ1v) is 6.42. The van der Waals surface area contributed by atoms with Crippen molar-refractivity contribution < 1.29 is 19.4 Å². The van der Waals surface area contributed by atoms with Crippen molar-refractivity contribution in [1.82, 2.24) is 0 Å². The average molecular weight is 285 g/mol. The predicted octanol–water partition coefficient (Wildman–Crippen LogP) is 2.79. The molecule has 0 aliphatic carbocycles. The molecule has 2 aromatic rings. The summed E-state index contributed by atoms with van der Waals surface area (Å²) in [5.41, 5.74) is 0.792. The van der Waals surface area contributed by atoms with Crippen molar-refractivity contribution in [2.75, 3.05) is 5.32 Å². The third kappa shape index (κ3) is 4.07. The van der Waals surface area contributed by atoms with E-state index in [1.54, 1.807) is 31.2 Å². The number of benzene rings is 2. The predicted molar refractivity (Wildman–Crippen MR) is 78.6 cm³/mol. The first-order chi connectivity index (χ1) is 10.1. The second kappa shape index (κ2) is 6.56. The van der Waals surface area contributed by atoms with Crippen LogP contribution in [0.1, 0.15) is 17.3 Å². The molecule has 0 bridgehead atoms. The summed E-state index contributed by atoms with van der Waals surface area (Å²) in [7, 11) is 0. The maximum Gasteiger partial charge on any atom is 0.335 e. The molecule has 5 heteroatoms. The maximum absolute atomic E-state index is 12.0. The summed E-state index contributed by atoms with van der Waals surface area (Å²) in [5.74, 6) is -1.01. The van der Waals surface area contributed by atoms with E-state index in [0.29, 0.717) is 11.4 Å². The van der Waals surface area contributed by atoms with Crippen LogP contribution in [0.2, 0.25) is 0 Å². The van der Waals surface area contributed by atoms with E-state index in [1.165, 1.54) is 12.1 Å². The van der Waals surface area contributed by atoms with Crippen molar-refractivity contribution in [3.05, 3.63) is 60.2 Å². The van der Waals surface area contributed by atoms with Gasteiger partial charge in [0.1, 0.15) is 5.75 Å². The lowest BCUT2D eigenvalue weighted by molar-refractivity contribution is -0.122. The van der Waals surface area contributed by atoms with Crippen LogP contribution in [-0.4, -0.2) is 23.1 Å². The highest BCUT2D eigenvalue weighted by atomic mass is 16.5. The number of carbonyl (C=O) groups is 2. The molecule has 0 radical (unpaired) electrons. The Kier molecular flexibility index (Phi) is 4.56. The van der Waals surface area contributed by atoms with Crippen LogP contribution in [0.5, 0.6) is 5.75 Å². The molecule has 2 aromatic carbocycles.